The lowest BCUT2D eigenvalue weighted by molar-refractivity contribution is 0.166. The Bertz CT molecular complexity index is 380. The summed E-state index contributed by atoms with van der Waals surface area (Å²) < 4.78 is 14.6. The van der Waals surface area contributed by atoms with Crippen LogP contribution in [-0.4, -0.2) is 13.1 Å². The number of hydrogen-bond donors (Lipinski definition) is 1. The van der Waals surface area contributed by atoms with E-state index in [0.29, 0.717) is 17.9 Å². The summed E-state index contributed by atoms with van der Waals surface area (Å²) in [4.78, 5) is 0. The van der Waals surface area contributed by atoms with E-state index in [1.165, 1.54) is 0 Å². The maximum Gasteiger partial charge on any atom is 0.127 e. The number of hydrogen-bond acceptors (Lipinski definition) is 1. The van der Waals surface area contributed by atoms with E-state index in [1.54, 1.807) is 6.07 Å². The summed E-state index contributed by atoms with van der Waals surface area (Å²) in [6.45, 7) is 2.18. The molecule has 1 fully saturated rings. The van der Waals surface area contributed by atoms with Gasteiger partial charge < -0.3 is 5.32 Å². The predicted molar refractivity (Wildman–Crippen MR) is 68.1 cm³/mol. The van der Waals surface area contributed by atoms with Gasteiger partial charge in [0.1, 0.15) is 5.82 Å². The highest BCUT2D eigenvalue weighted by Gasteiger charge is 2.40. The Kier molecular flexibility index (Phi) is 3.65. The fourth-order valence-corrected chi connectivity index (χ4v) is 3.10. The van der Waals surface area contributed by atoms with Crippen molar-refractivity contribution in [3.8, 4) is 0 Å². The number of rotatable bonds is 3. The Morgan fingerprint density at radius 2 is 2.25 bits per heavy atom. The highest BCUT2D eigenvalue weighted by atomic mass is 79.9. The molecule has 1 N–H and O–H groups in total. The zero-order valence-electron chi connectivity index (χ0n) is 9.63. The van der Waals surface area contributed by atoms with Crippen molar-refractivity contribution in [2.75, 3.05) is 7.05 Å². The van der Waals surface area contributed by atoms with E-state index in [2.05, 4.69) is 28.2 Å². The standard InChI is InChI=1S/C13H17BrFN/c1-3-9-11(7-13(9)16-2)10-5-4-8(14)6-12(10)15/h4-6,9,11,13,16H,3,7H2,1-2H3. The van der Waals surface area contributed by atoms with Crippen LogP contribution in [0.3, 0.4) is 0 Å². The molecule has 88 valence electrons. The van der Waals surface area contributed by atoms with Crippen LogP contribution in [0.4, 0.5) is 4.39 Å². The van der Waals surface area contributed by atoms with Crippen molar-refractivity contribution in [2.24, 2.45) is 5.92 Å². The lowest BCUT2D eigenvalue weighted by atomic mass is 9.65. The summed E-state index contributed by atoms with van der Waals surface area (Å²) in [5.74, 6) is 0.878. The van der Waals surface area contributed by atoms with Gasteiger partial charge in [0, 0.05) is 10.5 Å². The third-order valence-electron chi connectivity index (χ3n) is 3.75. The van der Waals surface area contributed by atoms with Gasteiger partial charge in [-0.1, -0.05) is 35.3 Å². The Hall–Kier alpha value is -0.410. The number of nitrogens with one attached hydrogen (secondary N) is 1. The summed E-state index contributed by atoms with van der Waals surface area (Å²) >= 11 is 3.29. The molecule has 1 saturated carbocycles. The third-order valence-corrected chi connectivity index (χ3v) is 4.24. The van der Waals surface area contributed by atoms with Crippen molar-refractivity contribution in [3.63, 3.8) is 0 Å². The van der Waals surface area contributed by atoms with Crippen molar-refractivity contribution in [2.45, 2.75) is 31.7 Å². The van der Waals surface area contributed by atoms with Crippen LogP contribution in [0.25, 0.3) is 0 Å². The van der Waals surface area contributed by atoms with Gasteiger partial charge in [0.05, 0.1) is 0 Å². The molecule has 3 heteroatoms. The second-order valence-electron chi connectivity index (χ2n) is 4.48. The highest BCUT2D eigenvalue weighted by Crippen LogP contribution is 2.45. The molecule has 1 nitrogen and oxygen atoms in total. The van der Waals surface area contributed by atoms with Gasteiger partial charge in [-0.05, 0) is 43.0 Å². The Morgan fingerprint density at radius 1 is 1.50 bits per heavy atom. The zero-order valence-corrected chi connectivity index (χ0v) is 11.2. The fourth-order valence-electron chi connectivity index (χ4n) is 2.77. The minimum absolute atomic E-state index is 0.0765. The Morgan fingerprint density at radius 3 is 2.81 bits per heavy atom. The molecule has 0 spiro atoms. The van der Waals surface area contributed by atoms with Crippen molar-refractivity contribution in [3.05, 3.63) is 34.1 Å². The first kappa shape index (κ1) is 12.1. The molecule has 0 bridgehead atoms. The summed E-state index contributed by atoms with van der Waals surface area (Å²) in [5, 5.41) is 3.30. The first-order chi connectivity index (χ1) is 7.67. The third kappa shape index (κ3) is 2.03. The second kappa shape index (κ2) is 4.84. The monoisotopic (exact) mass is 285 g/mol. The molecule has 0 amide bonds. The van der Waals surface area contributed by atoms with Crippen LogP contribution in [0.1, 0.15) is 31.2 Å². The molecular formula is C13H17BrFN. The minimum Gasteiger partial charge on any atom is -0.317 e. The molecule has 1 aromatic carbocycles. The number of benzene rings is 1. The topological polar surface area (TPSA) is 12.0 Å². The average Bonchev–Trinajstić information content (AvgIpc) is 2.21. The molecule has 3 unspecified atom stereocenters. The zero-order chi connectivity index (χ0) is 11.7. The van der Waals surface area contributed by atoms with Gasteiger partial charge in [-0.3, -0.25) is 0 Å². The van der Waals surface area contributed by atoms with Crippen molar-refractivity contribution >= 4 is 15.9 Å². The maximum atomic E-state index is 13.8. The molecule has 2 rings (SSSR count). The molecule has 1 aliphatic carbocycles. The lowest BCUT2D eigenvalue weighted by Crippen LogP contribution is -2.47. The average molecular weight is 286 g/mol. The van der Waals surface area contributed by atoms with Crippen LogP contribution in [0.2, 0.25) is 0 Å². The summed E-state index contributed by atoms with van der Waals surface area (Å²) in [6.07, 6.45) is 2.15. The van der Waals surface area contributed by atoms with Crippen LogP contribution in [-0.2, 0) is 0 Å². The van der Waals surface area contributed by atoms with Crippen LogP contribution in [0.15, 0.2) is 22.7 Å². The van der Waals surface area contributed by atoms with E-state index in [-0.39, 0.29) is 5.82 Å². The van der Waals surface area contributed by atoms with Crippen LogP contribution in [0, 0.1) is 11.7 Å². The SMILES string of the molecule is CCC1C(NC)CC1c1ccc(Br)cc1F. The first-order valence-corrected chi connectivity index (χ1v) is 6.58. The predicted octanol–water partition coefficient (Wildman–Crippen LogP) is 3.69. The molecule has 0 saturated heterocycles. The lowest BCUT2D eigenvalue weighted by Gasteiger charge is -2.45. The van der Waals surface area contributed by atoms with Crippen LogP contribution >= 0.6 is 15.9 Å². The molecule has 3 atom stereocenters. The second-order valence-corrected chi connectivity index (χ2v) is 5.39. The van der Waals surface area contributed by atoms with Crippen molar-refractivity contribution in [1.29, 1.82) is 0 Å². The Labute approximate surface area is 105 Å². The van der Waals surface area contributed by atoms with Gasteiger partial charge in [-0.25, -0.2) is 4.39 Å². The fraction of sp³-hybridized carbons (Fsp3) is 0.538. The van der Waals surface area contributed by atoms with Crippen molar-refractivity contribution < 1.29 is 4.39 Å². The van der Waals surface area contributed by atoms with Gasteiger partial charge in [0.15, 0.2) is 0 Å². The minimum atomic E-state index is -0.0765. The van der Waals surface area contributed by atoms with Gasteiger partial charge in [0.2, 0.25) is 0 Å². The quantitative estimate of drug-likeness (QED) is 0.893. The highest BCUT2D eigenvalue weighted by molar-refractivity contribution is 9.10. The van der Waals surface area contributed by atoms with E-state index in [0.717, 1.165) is 22.9 Å². The van der Waals surface area contributed by atoms with Gasteiger partial charge in [0.25, 0.3) is 0 Å². The molecule has 1 aliphatic rings. The first-order valence-electron chi connectivity index (χ1n) is 5.79. The van der Waals surface area contributed by atoms with E-state index < -0.39 is 0 Å². The molecule has 16 heavy (non-hydrogen) atoms. The molecular weight excluding hydrogens is 269 g/mol. The molecule has 0 radical (unpaired) electrons. The van der Waals surface area contributed by atoms with Gasteiger partial charge in [-0.2, -0.15) is 0 Å². The summed E-state index contributed by atoms with van der Waals surface area (Å²) in [7, 11) is 1.99. The summed E-state index contributed by atoms with van der Waals surface area (Å²) in [6, 6.07) is 5.96. The normalized spacial score (nSPS) is 28.9. The maximum absolute atomic E-state index is 13.8. The smallest absolute Gasteiger partial charge is 0.127 e. The molecule has 0 heterocycles. The van der Waals surface area contributed by atoms with Crippen LogP contribution < -0.4 is 5.32 Å². The van der Waals surface area contributed by atoms with Gasteiger partial charge in [-0.15, -0.1) is 0 Å². The van der Waals surface area contributed by atoms with E-state index in [1.807, 2.05) is 19.2 Å². The van der Waals surface area contributed by atoms with E-state index in [4.69, 9.17) is 0 Å². The van der Waals surface area contributed by atoms with Gasteiger partial charge >= 0.3 is 0 Å². The Balaban J connectivity index is 2.19. The largest absolute Gasteiger partial charge is 0.317 e. The number of halogens is 2. The van der Waals surface area contributed by atoms with Crippen molar-refractivity contribution in [1.82, 2.24) is 5.32 Å². The molecule has 1 aromatic rings. The molecule has 0 aromatic heterocycles. The molecule has 0 aliphatic heterocycles. The van der Waals surface area contributed by atoms with E-state index >= 15 is 0 Å². The summed E-state index contributed by atoms with van der Waals surface area (Å²) in [5.41, 5.74) is 0.876. The van der Waals surface area contributed by atoms with Crippen LogP contribution in [0.5, 0.6) is 0 Å². The van der Waals surface area contributed by atoms with E-state index in [9.17, 15) is 4.39 Å².